The average molecular weight is 356 g/mol. The van der Waals surface area contributed by atoms with Crippen LogP contribution in [0.2, 0.25) is 0 Å². The van der Waals surface area contributed by atoms with Gasteiger partial charge in [0.1, 0.15) is 18.2 Å². The van der Waals surface area contributed by atoms with Crippen LogP contribution in [0.1, 0.15) is 37.3 Å². The molecule has 0 saturated carbocycles. The highest BCUT2D eigenvalue weighted by Crippen LogP contribution is 2.29. The molecule has 2 aromatic heterocycles. The lowest BCUT2D eigenvalue weighted by Gasteiger charge is -2.37. The Kier molecular flexibility index (Phi) is 4.88. The van der Waals surface area contributed by atoms with Gasteiger partial charge in [-0.2, -0.15) is 0 Å². The smallest absolute Gasteiger partial charge is 0.226 e. The van der Waals surface area contributed by atoms with E-state index in [-0.39, 0.29) is 17.9 Å². The lowest BCUT2D eigenvalue weighted by Crippen LogP contribution is -2.45. The van der Waals surface area contributed by atoms with E-state index in [0.717, 1.165) is 36.7 Å². The van der Waals surface area contributed by atoms with Crippen molar-refractivity contribution in [2.45, 2.75) is 39.0 Å². The fraction of sp³-hybridized carbons (Fsp3) is 0.526. The van der Waals surface area contributed by atoms with Crippen LogP contribution in [0.15, 0.2) is 30.7 Å². The molecule has 0 radical (unpaired) electrons. The van der Waals surface area contributed by atoms with Crippen molar-refractivity contribution in [3.63, 3.8) is 0 Å². The van der Waals surface area contributed by atoms with Crippen LogP contribution in [0.3, 0.4) is 0 Å². The molecule has 0 spiro atoms. The van der Waals surface area contributed by atoms with Crippen molar-refractivity contribution in [2.24, 2.45) is 5.92 Å². The summed E-state index contributed by atoms with van der Waals surface area (Å²) in [5.41, 5.74) is 1.02. The van der Waals surface area contributed by atoms with Gasteiger partial charge >= 0.3 is 0 Å². The third-order valence-electron chi connectivity index (χ3n) is 5.25. The number of fused-ring (bicyclic) bond motifs is 1. The summed E-state index contributed by atoms with van der Waals surface area (Å²) in [6.07, 6.45) is 6.91. The molecule has 1 atom stereocenters. The molecule has 0 aliphatic carbocycles. The topological polar surface area (TPSA) is 69.5 Å². The summed E-state index contributed by atoms with van der Waals surface area (Å²) in [7, 11) is 0. The molecule has 1 amide bonds. The Morgan fingerprint density at radius 1 is 1.31 bits per heavy atom. The molecule has 2 aromatic rings. The molecule has 26 heavy (non-hydrogen) atoms. The first-order valence-electron chi connectivity index (χ1n) is 9.19. The van der Waals surface area contributed by atoms with Gasteiger partial charge in [-0.15, -0.1) is 0 Å². The number of carbonyl (C=O) groups excluding carboxylic acids is 1. The summed E-state index contributed by atoms with van der Waals surface area (Å²) in [5, 5.41) is 0. The van der Waals surface area contributed by atoms with E-state index in [1.165, 1.54) is 0 Å². The van der Waals surface area contributed by atoms with E-state index in [4.69, 9.17) is 9.47 Å². The number of hydrogen-bond acceptors (Lipinski definition) is 5. The number of rotatable bonds is 4. The van der Waals surface area contributed by atoms with Gasteiger partial charge in [-0.3, -0.25) is 9.78 Å². The first kappa shape index (κ1) is 17.0. The first-order valence-corrected chi connectivity index (χ1v) is 9.19. The summed E-state index contributed by atoms with van der Waals surface area (Å²) in [5.74, 6) is 1.99. The standard InChI is InChI=1S/C19H24N4O3/c1-14-18-21-11-16(13-26-17-3-2-6-20-12-17)23(18)8-7-22(14)19(24)15-4-9-25-10-5-15/h2-3,6,11-12,14-15H,4-5,7-10,13H2,1H3/t14-/m0/s1. The Morgan fingerprint density at radius 3 is 2.92 bits per heavy atom. The number of nitrogens with zero attached hydrogens (tertiary/aromatic N) is 4. The summed E-state index contributed by atoms with van der Waals surface area (Å²) >= 11 is 0. The highest BCUT2D eigenvalue weighted by atomic mass is 16.5. The Balaban J connectivity index is 1.45. The molecular formula is C19H24N4O3. The summed E-state index contributed by atoms with van der Waals surface area (Å²) in [6.45, 7) is 5.33. The fourth-order valence-corrected chi connectivity index (χ4v) is 3.74. The van der Waals surface area contributed by atoms with Gasteiger partial charge in [-0.25, -0.2) is 4.98 Å². The van der Waals surface area contributed by atoms with Crippen molar-refractivity contribution in [3.05, 3.63) is 42.2 Å². The van der Waals surface area contributed by atoms with Crippen molar-refractivity contribution in [1.29, 1.82) is 0 Å². The van der Waals surface area contributed by atoms with Gasteiger partial charge in [-0.1, -0.05) is 0 Å². The van der Waals surface area contributed by atoms with E-state index in [9.17, 15) is 4.79 Å². The van der Waals surface area contributed by atoms with Crippen molar-refractivity contribution in [3.8, 4) is 5.75 Å². The molecule has 1 saturated heterocycles. The van der Waals surface area contributed by atoms with E-state index in [0.29, 0.717) is 26.4 Å². The van der Waals surface area contributed by atoms with Gasteiger partial charge in [-0.05, 0) is 31.9 Å². The Labute approximate surface area is 152 Å². The van der Waals surface area contributed by atoms with Crippen LogP contribution in [-0.4, -0.2) is 45.1 Å². The molecule has 138 valence electrons. The minimum atomic E-state index is -0.0220. The quantitative estimate of drug-likeness (QED) is 0.840. The van der Waals surface area contributed by atoms with Crippen LogP contribution < -0.4 is 4.74 Å². The minimum absolute atomic E-state index is 0.0220. The van der Waals surface area contributed by atoms with Crippen LogP contribution >= 0.6 is 0 Å². The predicted octanol–water partition coefficient (Wildman–Crippen LogP) is 2.19. The van der Waals surface area contributed by atoms with Crippen LogP contribution in [0.5, 0.6) is 5.75 Å². The minimum Gasteiger partial charge on any atom is -0.486 e. The van der Waals surface area contributed by atoms with Gasteiger partial charge < -0.3 is 18.9 Å². The van der Waals surface area contributed by atoms with Crippen molar-refractivity contribution in [1.82, 2.24) is 19.4 Å². The molecule has 2 aliphatic heterocycles. The molecule has 7 nitrogen and oxygen atoms in total. The van der Waals surface area contributed by atoms with E-state index in [2.05, 4.69) is 21.5 Å². The Hall–Kier alpha value is -2.41. The average Bonchev–Trinajstić information content (AvgIpc) is 3.12. The van der Waals surface area contributed by atoms with Crippen molar-refractivity contribution < 1.29 is 14.3 Å². The van der Waals surface area contributed by atoms with Crippen LogP contribution in [0.25, 0.3) is 0 Å². The van der Waals surface area contributed by atoms with Crippen molar-refractivity contribution >= 4 is 5.91 Å². The largest absolute Gasteiger partial charge is 0.486 e. The molecule has 1 fully saturated rings. The molecular weight excluding hydrogens is 332 g/mol. The second-order valence-electron chi connectivity index (χ2n) is 6.83. The first-order chi connectivity index (χ1) is 12.7. The number of pyridine rings is 1. The maximum atomic E-state index is 12.9. The van der Waals surface area contributed by atoms with E-state index >= 15 is 0 Å². The van der Waals surface area contributed by atoms with Gasteiger partial charge in [0, 0.05) is 38.4 Å². The Bertz CT molecular complexity index is 755. The zero-order valence-corrected chi connectivity index (χ0v) is 15.0. The number of carbonyl (C=O) groups is 1. The predicted molar refractivity (Wildman–Crippen MR) is 94.5 cm³/mol. The third kappa shape index (κ3) is 3.31. The highest BCUT2D eigenvalue weighted by molar-refractivity contribution is 5.79. The number of hydrogen-bond donors (Lipinski definition) is 0. The SMILES string of the molecule is C[C@H]1c2ncc(COc3cccnc3)n2CCN1C(=O)C1CCOCC1. The second kappa shape index (κ2) is 7.45. The summed E-state index contributed by atoms with van der Waals surface area (Å²) < 4.78 is 13.4. The lowest BCUT2D eigenvalue weighted by atomic mass is 9.97. The lowest BCUT2D eigenvalue weighted by molar-refractivity contribution is -0.142. The van der Waals surface area contributed by atoms with Crippen LogP contribution in [0, 0.1) is 5.92 Å². The number of ether oxygens (including phenoxy) is 2. The van der Waals surface area contributed by atoms with Crippen molar-refractivity contribution in [2.75, 3.05) is 19.8 Å². The number of aromatic nitrogens is 3. The zero-order valence-electron chi connectivity index (χ0n) is 15.0. The molecule has 7 heteroatoms. The van der Waals surface area contributed by atoms with E-state index in [1.807, 2.05) is 23.2 Å². The second-order valence-corrected chi connectivity index (χ2v) is 6.83. The third-order valence-corrected chi connectivity index (χ3v) is 5.25. The normalized spacial score (nSPS) is 20.7. The van der Waals surface area contributed by atoms with Gasteiger partial charge in [0.2, 0.25) is 5.91 Å². The fourth-order valence-electron chi connectivity index (χ4n) is 3.74. The molecule has 2 aliphatic rings. The Morgan fingerprint density at radius 2 is 2.15 bits per heavy atom. The van der Waals surface area contributed by atoms with Gasteiger partial charge in [0.15, 0.2) is 0 Å². The monoisotopic (exact) mass is 356 g/mol. The summed E-state index contributed by atoms with van der Waals surface area (Å²) in [4.78, 5) is 23.5. The maximum Gasteiger partial charge on any atom is 0.226 e. The molecule has 0 aromatic carbocycles. The molecule has 0 bridgehead atoms. The molecule has 4 rings (SSSR count). The zero-order chi connectivity index (χ0) is 17.9. The van der Waals surface area contributed by atoms with Gasteiger partial charge in [0.25, 0.3) is 0 Å². The molecule has 0 unspecified atom stereocenters. The van der Waals surface area contributed by atoms with Gasteiger partial charge in [0.05, 0.1) is 24.1 Å². The molecule has 0 N–H and O–H groups in total. The van der Waals surface area contributed by atoms with Crippen LogP contribution in [-0.2, 0) is 22.7 Å². The number of amides is 1. The molecule has 4 heterocycles. The highest BCUT2D eigenvalue weighted by Gasteiger charge is 2.34. The van der Waals surface area contributed by atoms with Crippen LogP contribution in [0.4, 0.5) is 0 Å². The van der Waals surface area contributed by atoms with E-state index in [1.54, 1.807) is 12.4 Å². The summed E-state index contributed by atoms with van der Waals surface area (Å²) in [6, 6.07) is 3.71. The maximum absolute atomic E-state index is 12.9. The van der Waals surface area contributed by atoms with E-state index < -0.39 is 0 Å². The number of imidazole rings is 1.